The monoisotopic (exact) mass is 534 g/mol. The fraction of sp³-hybridized carbons (Fsp3) is 0.0606. The fourth-order valence-corrected chi connectivity index (χ4v) is 11.6. The number of carbonyl (C=O) groups is 2. The van der Waals surface area contributed by atoms with Gasteiger partial charge in [-0.05, 0) is 0 Å². The quantitative estimate of drug-likeness (QED) is 0.239. The van der Waals surface area contributed by atoms with Crippen LogP contribution in [0, 0.1) is 0 Å². The standard InChI is InChI=1S/2C11H8O2.2C5H5.CH2.Ti/c2*12-11(13)10-7-3-5-8-4-1-2-6-9(8)10;2*1-2-4-5-3-1;;/h2*1-7H,(H,12,13);2*1-3H,4H2;1H2;/q;;;;;+2/p-2. The second-order valence-electron chi connectivity index (χ2n) is 9.74. The molecule has 0 amide bonds. The van der Waals surface area contributed by atoms with E-state index < -0.39 is 27.6 Å². The molecule has 0 atom stereocenters. The van der Waals surface area contributed by atoms with Crippen LogP contribution in [0.15, 0.2) is 129 Å². The first-order valence-corrected chi connectivity index (χ1v) is 16.6. The van der Waals surface area contributed by atoms with Gasteiger partial charge in [-0.1, -0.05) is 0 Å². The molecule has 4 nitrogen and oxygen atoms in total. The maximum absolute atomic E-state index is 14.0. The van der Waals surface area contributed by atoms with Gasteiger partial charge in [-0.15, -0.1) is 0 Å². The Morgan fingerprint density at radius 1 is 0.605 bits per heavy atom. The van der Waals surface area contributed by atoms with Gasteiger partial charge in [0.2, 0.25) is 0 Å². The normalized spacial score (nSPS) is 15.0. The zero-order valence-electron chi connectivity index (χ0n) is 20.8. The molecule has 0 N–H and O–H groups in total. The van der Waals surface area contributed by atoms with E-state index in [0.717, 1.165) is 29.3 Å². The third-order valence-corrected chi connectivity index (χ3v) is 14.6. The van der Waals surface area contributed by atoms with Crippen LogP contribution < -0.4 is 0 Å². The van der Waals surface area contributed by atoms with E-state index in [1.807, 2.05) is 109 Å². The van der Waals surface area contributed by atoms with Crippen molar-refractivity contribution >= 4 is 38.3 Å². The van der Waals surface area contributed by atoms with Crippen molar-refractivity contribution in [1.82, 2.24) is 0 Å². The van der Waals surface area contributed by atoms with Crippen molar-refractivity contribution in [2.75, 3.05) is 0 Å². The molecule has 0 saturated heterocycles. The van der Waals surface area contributed by atoms with Crippen molar-refractivity contribution < 1.29 is 31.8 Å². The molecule has 38 heavy (non-hydrogen) atoms. The van der Waals surface area contributed by atoms with Crippen LogP contribution in [-0.4, -0.2) is 16.8 Å². The van der Waals surface area contributed by atoms with Crippen LogP contribution in [0.1, 0.15) is 33.6 Å². The van der Waals surface area contributed by atoms with E-state index in [1.165, 1.54) is 0 Å². The molecule has 2 aliphatic carbocycles. The first-order chi connectivity index (χ1) is 18.5. The summed E-state index contributed by atoms with van der Waals surface area (Å²) in [5.74, 6) is -1.08. The van der Waals surface area contributed by atoms with Crippen LogP contribution in [0.4, 0.5) is 0 Å². The average Bonchev–Trinajstić information content (AvgIpc) is 3.69. The first kappa shape index (κ1) is 24.2. The predicted octanol–water partition coefficient (Wildman–Crippen LogP) is 7.65. The molecular formula is C33H26O4Ti. The van der Waals surface area contributed by atoms with Gasteiger partial charge in [0.25, 0.3) is 0 Å². The second kappa shape index (κ2) is 9.32. The Hall–Kier alpha value is -4.12. The summed E-state index contributed by atoms with van der Waals surface area (Å²) in [6, 6.07) is 26.4. The van der Waals surface area contributed by atoms with Crippen LogP contribution in [-0.2, 0) is 22.3 Å². The Bertz CT molecular complexity index is 1680. The third-order valence-electron chi connectivity index (χ3n) is 7.48. The first-order valence-electron chi connectivity index (χ1n) is 12.7. The minimum atomic E-state index is -5.42. The van der Waals surface area contributed by atoms with Crippen LogP contribution in [0.2, 0.25) is 0 Å². The molecule has 4 aromatic rings. The number of benzene rings is 4. The molecule has 0 spiro atoms. The summed E-state index contributed by atoms with van der Waals surface area (Å²) in [4.78, 5) is 32.7. The van der Waals surface area contributed by atoms with Gasteiger partial charge < -0.3 is 0 Å². The van der Waals surface area contributed by atoms with Gasteiger partial charge in [0.1, 0.15) is 0 Å². The molecule has 0 aliphatic heterocycles. The summed E-state index contributed by atoms with van der Waals surface area (Å²) in [5, 5.41) is 3.40. The Balaban J connectivity index is 1.51. The number of allylic oxidation sites excluding steroid dienone is 8. The molecule has 0 aromatic heterocycles. The zero-order chi connectivity index (χ0) is 26.2. The van der Waals surface area contributed by atoms with E-state index >= 15 is 0 Å². The van der Waals surface area contributed by atoms with E-state index in [4.69, 9.17) is 6.64 Å². The number of rotatable bonds is 6. The summed E-state index contributed by atoms with van der Waals surface area (Å²) >= 11 is -5.42. The maximum atomic E-state index is 14.0. The summed E-state index contributed by atoms with van der Waals surface area (Å²) in [6.45, 7) is 0. The SMILES string of the molecule is [CH2]=[Ti]([O]C(=O)c1cccc2ccccc12)([O]C(=O)c1cccc2ccccc12)([C]1=CC=CC1)[C]1=CC=CC1. The molecule has 0 saturated carbocycles. The number of fused-ring (bicyclic) bond motifs is 2. The summed E-state index contributed by atoms with van der Waals surface area (Å²) in [5.41, 5.74) is 0.836. The van der Waals surface area contributed by atoms with Crippen molar-refractivity contribution in [2.24, 2.45) is 0 Å². The van der Waals surface area contributed by atoms with Crippen molar-refractivity contribution in [3.05, 3.63) is 140 Å². The van der Waals surface area contributed by atoms with Crippen molar-refractivity contribution in [3.63, 3.8) is 0 Å². The molecular weight excluding hydrogens is 508 g/mol. The van der Waals surface area contributed by atoms with Crippen molar-refractivity contribution in [2.45, 2.75) is 12.8 Å². The molecule has 0 fully saturated rings. The van der Waals surface area contributed by atoms with E-state index in [1.54, 1.807) is 12.1 Å². The summed E-state index contributed by atoms with van der Waals surface area (Å²) < 4.78 is 14.7. The Morgan fingerprint density at radius 2 is 1.03 bits per heavy atom. The summed E-state index contributed by atoms with van der Waals surface area (Å²) in [6.07, 6.45) is 12.6. The van der Waals surface area contributed by atoms with Crippen LogP contribution in [0.25, 0.3) is 21.5 Å². The number of hydrogen-bond acceptors (Lipinski definition) is 4. The van der Waals surface area contributed by atoms with Crippen molar-refractivity contribution in [3.8, 4) is 0 Å². The second-order valence-corrected chi connectivity index (χ2v) is 16.3. The van der Waals surface area contributed by atoms with E-state index in [9.17, 15) is 9.59 Å². The van der Waals surface area contributed by atoms with Crippen LogP contribution in [0.5, 0.6) is 0 Å². The van der Waals surface area contributed by atoms with Gasteiger partial charge in [-0.25, -0.2) is 0 Å². The third kappa shape index (κ3) is 3.94. The van der Waals surface area contributed by atoms with Gasteiger partial charge in [-0.3, -0.25) is 0 Å². The molecule has 2 aliphatic rings. The van der Waals surface area contributed by atoms with Gasteiger partial charge in [0.05, 0.1) is 0 Å². The van der Waals surface area contributed by atoms with E-state index in [2.05, 4.69) is 4.82 Å². The van der Waals surface area contributed by atoms with Crippen molar-refractivity contribution in [1.29, 1.82) is 0 Å². The van der Waals surface area contributed by atoms with Crippen LogP contribution >= 0.6 is 0 Å². The molecule has 0 heterocycles. The molecule has 0 unspecified atom stereocenters. The average molecular weight is 534 g/mol. The molecule has 6 rings (SSSR count). The molecule has 0 bridgehead atoms. The molecule has 0 radical (unpaired) electrons. The van der Waals surface area contributed by atoms with Gasteiger partial charge in [0.15, 0.2) is 0 Å². The van der Waals surface area contributed by atoms with Gasteiger partial charge in [0, 0.05) is 0 Å². The molecule has 186 valence electrons. The Morgan fingerprint density at radius 3 is 1.45 bits per heavy atom. The minimum absolute atomic E-state index is 0.418. The Labute approximate surface area is 222 Å². The molecule has 5 heteroatoms. The predicted molar refractivity (Wildman–Crippen MR) is 150 cm³/mol. The number of hydrogen-bond donors (Lipinski definition) is 0. The van der Waals surface area contributed by atoms with Gasteiger partial charge in [-0.2, -0.15) is 0 Å². The van der Waals surface area contributed by atoms with E-state index in [-0.39, 0.29) is 0 Å². The van der Waals surface area contributed by atoms with E-state index in [0.29, 0.717) is 24.0 Å². The van der Waals surface area contributed by atoms with Gasteiger partial charge >= 0.3 is 223 Å². The number of carbonyl (C=O) groups excluding carboxylic acids is 2. The zero-order valence-corrected chi connectivity index (χ0v) is 22.4. The topological polar surface area (TPSA) is 52.6 Å². The Kier molecular flexibility index (Phi) is 5.95. The fourth-order valence-electron chi connectivity index (χ4n) is 5.44. The summed E-state index contributed by atoms with van der Waals surface area (Å²) in [7, 11) is 0. The molecule has 4 aromatic carbocycles. The van der Waals surface area contributed by atoms with Crippen LogP contribution in [0.3, 0.4) is 0 Å².